The number of ether oxygens (including phenoxy) is 2. The van der Waals surface area contributed by atoms with E-state index in [-0.39, 0.29) is 30.9 Å². The monoisotopic (exact) mass is 369 g/mol. The molecule has 0 aliphatic heterocycles. The van der Waals surface area contributed by atoms with Gasteiger partial charge in [0.05, 0.1) is 13.2 Å². The molecule has 0 unspecified atom stereocenters. The molecule has 1 atom stereocenters. The second-order valence-corrected chi connectivity index (χ2v) is 6.39. The van der Waals surface area contributed by atoms with Crippen molar-refractivity contribution in [3.63, 3.8) is 0 Å². The molecule has 5 heteroatoms. The van der Waals surface area contributed by atoms with Crippen LogP contribution in [-0.2, 0) is 27.2 Å². The fourth-order valence-electron chi connectivity index (χ4n) is 2.67. The number of hydrogen-bond acceptors (Lipinski definition) is 4. The fraction of sp³-hybridized carbons (Fsp3) is 0.364. The predicted octanol–water partition coefficient (Wildman–Crippen LogP) is 3.61. The second-order valence-electron chi connectivity index (χ2n) is 6.39. The lowest BCUT2D eigenvalue weighted by atomic mass is 10.1. The van der Waals surface area contributed by atoms with Crippen LogP contribution in [0, 0.1) is 0 Å². The Morgan fingerprint density at radius 3 is 2.22 bits per heavy atom. The van der Waals surface area contributed by atoms with Crippen LogP contribution in [0.4, 0.5) is 0 Å². The molecule has 2 aromatic rings. The summed E-state index contributed by atoms with van der Waals surface area (Å²) in [5.74, 6) is 0.0808. The lowest BCUT2D eigenvalue weighted by Crippen LogP contribution is -2.31. The molecule has 0 saturated carbocycles. The molecular formula is C22H27NO4. The highest BCUT2D eigenvalue weighted by molar-refractivity contribution is 5.80. The number of benzene rings is 2. The van der Waals surface area contributed by atoms with Gasteiger partial charge in [0.15, 0.2) is 6.61 Å². The highest BCUT2D eigenvalue weighted by atomic mass is 16.5. The quantitative estimate of drug-likeness (QED) is 0.686. The molecule has 0 aliphatic carbocycles. The van der Waals surface area contributed by atoms with E-state index in [1.54, 1.807) is 7.11 Å². The SMILES string of the molecule is CCc1ccc([C@H](C)NC(=O)COC(=O)CCc2ccc(OC)cc2)cc1. The smallest absolute Gasteiger partial charge is 0.306 e. The van der Waals surface area contributed by atoms with Crippen LogP contribution in [0.1, 0.15) is 43.0 Å². The van der Waals surface area contributed by atoms with Gasteiger partial charge >= 0.3 is 5.97 Å². The Labute approximate surface area is 160 Å². The zero-order valence-electron chi connectivity index (χ0n) is 16.2. The lowest BCUT2D eigenvalue weighted by molar-refractivity contribution is -0.148. The van der Waals surface area contributed by atoms with Gasteiger partial charge < -0.3 is 14.8 Å². The summed E-state index contributed by atoms with van der Waals surface area (Å²) in [5, 5.41) is 2.85. The van der Waals surface area contributed by atoms with Crippen LogP contribution >= 0.6 is 0 Å². The van der Waals surface area contributed by atoms with Gasteiger partial charge in [0.2, 0.25) is 0 Å². The Kier molecular flexibility index (Phi) is 7.86. The van der Waals surface area contributed by atoms with E-state index in [0.717, 1.165) is 23.3 Å². The fourth-order valence-corrected chi connectivity index (χ4v) is 2.67. The second kappa shape index (κ2) is 10.4. The van der Waals surface area contributed by atoms with Gasteiger partial charge in [-0.3, -0.25) is 9.59 Å². The minimum absolute atomic E-state index is 0.138. The molecule has 0 fully saturated rings. The van der Waals surface area contributed by atoms with Gasteiger partial charge in [0.1, 0.15) is 5.75 Å². The first kappa shape index (κ1) is 20.5. The number of nitrogens with one attached hydrogen (secondary N) is 1. The highest BCUT2D eigenvalue weighted by Crippen LogP contribution is 2.14. The van der Waals surface area contributed by atoms with Crippen LogP contribution in [0.2, 0.25) is 0 Å². The standard InChI is InChI=1S/C22H27NO4/c1-4-17-5-10-19(11-6-17)16(2)23-21(24)15-27-22(25)14-9-18-7-12-20(26-3)13-8-18/h5-8,10-13,16H,4,9,14-15H2,1-3H3,(H,23,24)/t16-/m0/s1. The number of methoxy groups -OCH3 is 1. The third-order valence-corrected chi connectivity index (χ3v) is 4.41. The summed E-state index contributed by atoms with van der Waals surface area (Å²) in [6.07, 6.45) is 1.77. The number of hydrogen-bond donors (Lipinski definition) is 1. The maximum absolute atomic E-state index is 12.0. The van der Waals surface area contributed by atoms with Crippen molar-refractivity contribution in [3.8, 4) is 5.75 Å². The van der Waals surface area contributed by atoms with Crippen LogP contribution in [0.5, 0.6) is 5.75 Å². The number of esters is 1. The van der Waals surface area contributed by atoms with E-state index < -0.39 is 0 Å². The van der Waals surface area contributed by atoms with Crippen LogP contribution < -0.4 is 10.1 Å². The molecule has 0 spiro atoms. The molecule has 2 aromatic carbocycles. The normalized spacial score (nSPS) is 11.5. The average Bonchev–Trinajstić information content (AvgIpc) is 2.71. The Morgan fingerprint density at radius 2 is 1.63 bits per heavy atom. The molecule has 5 nitrogen and oxygen atoms in total. The van der Waals surface area contributed by atoms with E-state index >= 15 is 0 Å². The summed E-state index contributed by atoms with van der Waals surface area (Å²) in [5.41, 5.74) is 3.29. The summed E-state index contributed by atoms with van der Waals surface area (Å²) >= 11 is 0. The Morgan fingerprint density at radius 1 is 1.00 bits per heavy atom. The molecule has 1 amide bonds. The lowest BCUT2D eigenvalue weighted by Gasteiger charge is -2.15. The van der Waals surface area contributed by atoms with E-state index in [4.69, 9.17) is 9.47 Å². The Bertz CT molecular complexity index is 738. The van der Waals surface area contributed by atoms with Crippen molar-refractivity contribution in [2.75, 3.05) is 13.7 Å². The summed E-state index contributed by atoms with van der Waals surface area (Å²) in [4.78, 5) is 23.8. The minimum Gasteiger partial charge on any atom is -0.497 e. The zero-order chi connectivity index (χ0) is 19.6. The van der Waals surface area contributed by atoms with Crippen molar-refractivity contribution in [2.45, 2.75) is 39.2 Å². The largest absolute Gasteiger partial charge is 0.497 e. The van der Waals surface area contributed by atoms with Crippen LogP contribution in [0.15, 0.2) is 48.5 Å². The Hall–Kier alpha value is -2.82. The van der Waals surface area contributed by atoms with Crippen molar-refractivity contribution < 1.29 is 19.1 Å². The van der Waals surface area contributed by atoms with Gasteiger partial charge in [-0.25, -0.2) is 0 Å². The number of aryl methyl sites for hydroxylation is 2. The summed E-state index contributed by atoms with van der Waals surface area (Å²) in [6.45, 7) is 3.74. The maximum atomic E-state index is 12.0. The zero-order valence-corrected chi connectivity index (χ0v) is 16.2. The van der Waals surface area contributed by atoms with E-state index in [0.29, 0.717) is 6.42 Å². The van der Waals surface area contributed by atoms with E-state index in [1.165, 1.54) is 5.56 Å². The van der Waals surface area contributed by atoms with E-state index in [2.05, 4.69) is 24.4 Å². The molecule has 0 radical (unpaired) electrons. The number of amides is 1. The van der Waals surface area contributed by atoms with Crippen LogP contribution in [0.25, 0.3) is 0 Å². The van der Waals surface area contributed by atoms with Crippen molar-refractivity contribution in [3.05, 3.63) is 65.2 Å². The van der Waals surface area contributed by atoms with Crippen molar-refractivity contribution in [1.29, 1.82) is 0 Å². The average molecular weight is 369 g/mol. The van der Waals surface area contributed by atoms with Crippen molar-refractivity contribution in [1.82, 2.24) is 5.32 Å². The summed E-state index contributed by atoms with van der Waals surface area (Å²) in [7, 11) is 1.61. The van der Waals surface area contributed by atoms with E-state index in [9.17, 15) is 9.59 Å². The molecule has 144 valence electrons. The number of rotatable bonds is 9. The topological polar surface area (TPSA) is 64.6 Å². The van der Waals surface area contributed by atoms with Crippen molar-refractivity contribution >= 4 is 11.9 Å². The molecule has 0 bridgehead atoms. The molecular weight excluding hydrogens is 342 g/mol. The van der Waals surface area contributed by atoms with Gasteiger partial charge in [-0.15, -0.1) is 0 Å². The maximum Gasteiger partial charge on any atom is 0.306 e. The third kappa shape index (κ3) is 6.77. The van der Waals surface area contributed by atoms with E-state index in [1.807, 2.05) is 43.3 Å². The molecule has 1 N–H and O–H groups in total. The van der Waals surface area contributed by atoms with Crippen molar-refractivity contribution in [2.24, 2.45) is 0 Å². The summed E-state index contributed by atoms with van der Waals surface area (Å²) < 4.78 is 10.2. The minimum atomic E-state index is -0.388. The van der Waals surface area contributed by atoms with Gasteiger partial charge in [-0.2, -0.15) is 0 Å². The molecule has 0 aliphatic rings. The van der Waals surface area contributed by atoms with Gasteiger partial charge in [-0.1, -0.05) is 43.3 Å². The first-order valence-electron chi connectivity index (χ1n) is 9.18. The molecule has 0 heterocycles. The van der Waals surface area contributed by atoms with Gasteiger partial charge in [0.25, 0.3) is 5.91 Å². The molecule has 2 rings (SSSR count). The van der Waals surface area contributed by atoms with Gasteiger partial charge in [0, 0.05) is 6.42 Å². The van der Waals surface area contributed by atoms with Crippen LogP contribution in [-0.4, -0.2) is 25.6 Å². The molecule has 0 aromatic heterocycles. The summed E-state index contributed by atoms with van der Waals surface area (Å²) in [6, 6.07) is 15.5. The number of carbonyl (C=O) groups is 2. The number of carbonyl (C=O) groups excluding carboxylic acids is 2. The third-order valence-electron chi connectivity index (χ3n) is 4.41. The molecule has 0 saturated heterocycles. The molecule has 27 heavy (non-hydrogen) atoms. The predicted molar refractivity (Wildman–Crippen MR) is 105 cm³/mol. The van der Waals surface area contributed by atoms with Crippen LogP contribution in [0.3, 0.4) is 0 Å². The first-order valence-corrected chi connectivity index (χ1v) is 9.18. The first-order chi connectivity index (χ1) is 13.0. The van der Waals surface area contributed by atoms with Gasteiger partial charge in [-0.05, 0) is 48.6 Å². The Balaban J connectivity index is 1.71. The highest BCUT2D eigenvalue weighted by Gasteiger charge is 2.12.